The molecule has 0 aromatic heterocycles. The third-order valence-electron chi connectivity index (χ3n) is 1.50. The average molecular weight is 267 g/mol. The second kappa shape index (κ2) is 5.14. The molecular formula is C9H9BrF2O2. The molecule has 0 radical (unpaired) electrons. The number of ether oxygens (including phenoxy) is 2. The Morgan fingerprint density at radius 3 is 2.64 bits per heavy atom. The summed E-state index contributed by atoms with van der Waals surface area (Å²) in [5.41, 5.74) is 0. The Kier molecular flexibility index (Phi) is 4.13. The van der Waals surface area contributed by atoms with E-state index in [2.05, 4.69) is 15.9 Å². The Labute approximate surface area is 89.0 Å². The van der Waals surface area contributed by atoms with Gasteiger partial charge in [0.1, 0.15) is 18.1 Å². The highest BCUT2D eigenvalue weighted by Crippen LogP contribution is 2.29. The third kappa shape index (κ3) is 3.14. The number of alkyl halides is 2. The summed E-state index contributed by atoms with van der Waals surface area (Å²) in [4.78, 5) is 0. The van der Waals surface area contributed by atoms with Crippen LogP contribution in [0.5, 0.6) is 11.5 Å². The van der Waals surface area contributed by atoms with Gasteiger partial charge in [0.2, 0.25) is 0 Å². The Hall–Kier alpha value is -0.840. The van der Waals surface area contributed by atoms with Crippen molar-refractivity contribution in [3.05, 3.63) is 22.7 Å². The van der Waals surface area contributed by atoms with Gasteiger partial charge in [-0.25, -0.2) is 8.78 Å². The van der Waals surface area contributed by atoms with E-state index in [1.54, 1.807) is 18.2 Å². The zero-order chi connectivity index (χ0) is 10.6. The smallest absolute Gasteiger partial charge is 0.272 e. The van der Waals surface area contributed by atoms with Crippen LogP contribution in [0.25, 0.3) is 0 Å². The van der Waals surface area contributed by atoms with E-state index in [1.165, 1.54) is 7.11 Å². The zero-order valence-electron chi connectivity index (χ0n) is 7.47. The number of benzene rings is 1. The van der Waals surface area contributed by atoms with E-state index in [0.29, 0.717) is 16.0 Å². The van der Waals surface area contributed by atoms with Crippen LogP contribution >= 0.6 is 15.9 Å². The highest BCUT2D eigenvalue weighted by molar-refractivity contribution is 9.10. The van der Waals surface area contributed by atoms with Crippen LogP contribution in [0.15, 0.2) is 22.7 Å². The molecule has 0 unspecified atom stereocenters. The lowest BCUT2D eigenvalue weighted by Gasteiger charge is -2.08. The lowest BCUT2D eigenvalue weighted by atomic mass is 10.3. The van der Waals surface area contributed by atoms with Crippen LogP contribution in [-0.2, 0) is 0 Å². The van der Waals surface area contributed by atoms with Crippen LogP contribution in [0.2, 0.25) is 0 Å². The molecule has 1 aromatic carbocycles. The molecule has 5 heteroatoms. The molecule has 2 nitrogen and oxygen atoms in total. The SMILES string of the molecule is COc1ccc(OCC(F)F)c(Br)c1. The first kappa shape index (κ1) is 11.2. The summed E-state index contributed by atoms with van der Waals surface area (Å²) in [7, 11) is 1.53. The molecule has 0 aliphatic carbocycles. The molecule has 0 spiro atoms. The maximum Gasteiger partial charge on any atom is 0.272 e. The summed E-state index contributed by atoms with van der Waals surface area (Å²) in [5, 5.41) is 0. The minimum atomic E-state index is -2.47. The van der Waals surface area contributed by atoms with Gasteiger partial charge in [0.05, 0.1) is 11.6 Å². The molecule has 1 rings (SSSR count). The van der Waals surface area contributed by atoms with E-state index in [-0.39, 0.29) is 0 Å². The Morgan fingerprint density at radius 1 is 1.43 bits per heavy atom. The lowest BCUT2D eigenvalue weighted by Crippen LogP contribution is -2.07. The molecule has 0 fully saturated rings. The topological polar surface area (TPSA) is 18.5 Å². The number of rotatable bonds is 4. The minimum Gasteiger partial charge on any atom is -0.497 e. The predicted octanol–water partition coefficient (Wildman–Crippen LogP) is 3.10. The molecular weight excluding hydrogens is 258 g/mol. The van der Waals surface area contributed by atoms with Crippen molar-refractivity contribution in [2.45, 2.75) is 6.43 Å². The fourth-order valence-corrected chi connectivity index (χ4v) is 1.35. The van der Waals surface area contributed by atoms with Gasteiger partial charge in [-0.05, 0) is 34.1 Å². The van der Waals surface area contributed by atoms with Crippen molar-refractivity contribution in [1.82, 2.24) is 0 Å². The zero-order valence-corrected chi connectivity index (χ0v) is 9.05. The first-order valence-electron chi connectivity index (χ1n) is 3.88. The molecule has 14 heavy (non-hydrogen) atoms. The minimum absolute atomic E-state index is 0.381. The van der Waals surface area contributed by atoms with Crippen LogP contribution in [0.4, 0.5) is 8.78 Å². The highest BCUT2D eigenvalue weighted by atomic mass is 79.9. The van der Waals surface area contributed by atoms with Gasteiger partial charge in [-0.2, -0.15) is 0 Å². The van der Waals surface area contributed by atoms with Crippen molar-refractivity contribution >= 4 is 15.9 Å². The van der Waals surface area contributed by atoms with Gasteiger partial charge in [-0.15, -0.1) is 0 Å². The monoisotopic (exact) mass is 266 g/mol. The third-order valence-corrected chi connectivity index (χ3v) is 2.12. The molecule has 0 heterocycles. The van der Waals surface area contributed by atoms with Gasteiger partial charge in [0.25, 0.3) is 6.43 Å². The summed E-state index contributed by atoms with van der Waals surface area (Å²) in [6.07, 6.45) is -2.47. The van der Waals surface area contributed by atoms with E-state index < -0.39 is 13.0 Å². The second-order valence-corrected chi connectivity index (χ2v) is 3.35. The van der Waals surface area contributed by atoms with Crippen LogP contribution in [0, 0.1) is 0 Å². The molecule has 0 saturated heterocycles. The molecule has 0 saturated carbocycles. The van der Waals surface area contributed by atoms with Crippen molar-refractivity contribution < 1.29 is 18.3 Å². The Balaban J connectivity index is 2.69. The molecule has 0 aliphatic heterocycles. The first-order chi connectivity index (χ1) is 6.63. The number of halogens is 3. The Morgan fingerprint density at radius 2 is 2.14 bits per heavy atom. The Bertz CT molecular complexity index is 305. The summed E-state index contributed by atoms with van der Waals surface area (Å²) in [5.74, 6) is 1.02. The number of hydrogen-bond donors (Lipinski definition) is 0. The van der Waals surface area contributed by atoms with Crippen LogP contribution in [-0.4, -0.2) is 20.1 Å². The molecule has 78 valence electrons. The molecule has 0 aliphatic rings. The summed E-state index contributed by atoms with van der Waals surface area (Å²) in [6.45, 7) is -0.606. The van der Waals surface area contributed by atoms with Crippen molar-refractivity contribution in [2.75, 3.05) is 13.7 Å². The maximum atomic E-state index is 11.8. The van der Waals surface area contributed by atoms with E-state index in [9.17, 15) is 8.78 Å². The molecule has 1 aromatic rings. The predicted molar refractivity (Wildman–Crippen MR) is 52.2 cm³/mol. The van der Waals surface area contributed by atoms with Gasteiger partial charge in [0.15, 0.2) is 0 Å². The molecule has 0 atom stereocenters. The van der Waals surface area contributed by atoms with Gasteiger partial charge in [-0.3, -0.25) is 0 Å². The van der Waals surface area contributed by atoms with Gasteiger partial charge >= 0.3 is 0 Å². The van der Waals surface area contributed by atoms with Gasteiger partial charge in [0, 0.05) is 0 Å². The van der Waals surface area contributed by atoms with E-state index in [4.69, 9.17) is 9.47 Å². The number of methoxy groups -OCH3 is 1. The largest absolute Gasteiger partial charge is 0.497 e. The van der Waals surface area contributed by atoms with Gasteiger partial charge < -0.3 is 9.47 Å². The average Bonchev–Trinajstić information content (AvgIpc) is 2.15. The fraction of sp³-hybridized carbons (Fsp3) is 0.333. The maximum absolute atomic E-state index is 11.8. The van der Waals surface area contributed by atoms with Gasteiger partial charge in [-0.1, -0.05) is 0 Å². The summed E-state index contributed by atoms with van der Waals surface area (Å²) >= 11 is 3.19. The van der Waals surface area contributed by atoms with E-state index in [0.717, 1.165) is 0 Å². The highest BCUT2D eigenvalue weighted by Gasteiger charge is 2.07. The fourth-order valence-electron chi connectivity index (χ4n) is 0.878. The quantitative estimate of drug-likeness (QED) is 0.834. The molecule has 0 N–H and O–H groups in total. The van der Waals surface area contributed by atoms with Crippen molar-refractivity contribution in [2.24, 2.45) is 0 Å². The van der Waals surface area contributed by atoms with E-state index in [1.807, 2.05) is 0 Å². The van der Waals surface area contributed by atoms with Crippen LogP contribution in [0.3, 0.4) is 0 Å². The van der Waals surface area contributed by atoms with E-state index >= 15 is 0 Å². The first-order valence-corrected chi connectivity index (χ1v) is 4.67. The second-order valence-electron chi connectivity index (χ2n) is 2.50. The standard InChI is InChI=1S/C9H9BrF2O2/c1-13-6-2-3-8(7(10)4-6)14-5-9(11)12/h2-4,9H,5H2,1H3. The van der Waals surface area contributed by atoms with Crippen molar-refractivity contribution in [3.63, 3.8) is 0 Å². The normalized spacial score (nSPS) is 10.4. The van der Waals surface area contributed by atoms with Crippen LogP contribution < -0.4 is 9.47 Å². The molecule has 0 amide bonds. The summed E-state index contributed by atoms with van der Waals surface area (Å²) in [6, 6.07) is 4.87. The summed E-state index contributed by atoms with van der Waals surface area (Å²) < 4.78 is 34.0. The van der Waals surface area contributed by atoms with Crippen molar-refractivity contribution in [3.8, 4) is 11.5 Å². The molecule has 0 bridgehead atoms. The van der Waals surface area contributed by atoms with Crippen LogP contribution in [0.1, 0.15) is 0 Å². The van der Waals surface area contributed by atoms with Crippen molar-refractivity contribution in [1.29, 1.82) is 0 Å². The lowest BCUT2D eigenvalue weighted by molar-refractivity contribution is 0.0815. The number of hydrogen-bond acceptors (Lipinski definition) is 2.